The van der Waals surface area contributed by atoms with Crippen LogP contribution < -0.4 is 0 Å². The summed E-state index contributed by atoms with van der Waals surface area (Å²) in [5.41, 5.74) is 5.54. The molecular formula is C23H30O2. The van der Waals surface area contributed by atoms with Crippen LogP contribution in [0.4, 0.5) is 0 Å². The van der Waals surface area contributed by atoms with E-state index < -0.39 is 5.97 Å². The van der Waals surface area contributed by atoms with E-state index in [1.165, 1.54) is 29.5 Å². The van der Waals surface area contributed by atoms with Crippen molar-refractivity contribution >= 4 is 5.97 Å². The maximum absolute atomic E-state index is 11.6. The zero-order chi connectivity index (χ0) is 18.1. The third-order valence-electron chi connectivity index (χ3n) is 4.87. The van der Waals surface area contributed by atoms with Gasteiger partial charge in [-0.1, -0.05) is 63.1 Å². The first-order valence-corrected chi connectivity index (χ1v) is 9.58. The van der Waals surface area contributed by atoms with Gasteiger partial charge in [0.2, 0.25) is 0 Å². The van der Waals surface area contributed by atoms with E-state index in [-0.39, 0.29) is 0 Å². The molecule has 0 saturated heterocycles. The second kappa shape index (κ2) is 10.0. The van der Waals surface area contributed by atoms with Gasteiger partial charge >= 0.3 is 5.97 Å². The number of carboxylic acids is 1. The highest BCUT2D eigenvalue weighted by Crippen LogP contribution is 2.21. The monoisotopic (exact) mass is 338 g/mol. The molecule has 0 heterocycles. The highest BCUT2D eigenvalue weighted by atomic mass is 16.4. The SMILES string of the molecule is CCCCc1ccccc1CCc1cccc(C(=O)O)c1CCCC. The van der Waals surface area contributed by atoms with Crippen molar-refractivity contribution in [3.8, 4) is 0 Å². The fourth-order valence-corrected chi connectivity index (χ4v) is 3.40. The van der Waals surface area contributed by atoms with Gasteiger partial charge in [-0.05, 0) is 66.8 Å². The summed E-state index contributed by atoms with van der Waals surface area (Å²) in [6.07, 6.45) is 8.39. The predicted octanol–water partition coefficient (Wildman–Crippen LogP) is 5.86. The number of carboxylic acid groups (broad SMARTS) is 1. The quantitative estimate of drug-likeness (QED) is 0.589. The van der Waals surface area contributed by atoms with Crippen molar-refractivity contribution in [2.75, 3.05) is 0 Å². The van der Waals surface area contributed by atoms with Crippen LogP contribution in [0.25, 0.3) is 0 Å². The smallest absolute Gasteiger partial charge is 0.335 e. The van der Waals surface area contributed by atoms with Crippen LogP contribution in [0.1, 0.15) is 72.1 Å². The third kappa shape index (κ3) is 5.45. The van der Waals surface area contributed by atoms with Crippen LogP contribution in [0, 0.1) is 0 Å². The van der Waals surface area contributed by atoms with Crippen molar-refractivity contribution in [2.45, 2.75) is 65.2 Å². The molecule has 0 atom stereocenters. The van der Waals surface area contributed by atoms with Crippen molar-refractivity contribution in [3.05, 3.63) is 70.3 Å². The van der Waals surface area contributed by atoms with Crippen LogP contribution in [0.2, 0.25) is 0 Å². The summed E-state index contributed by atoms with van der Waals surface area (Å²) in [5, 5.41) is 9.52. The minimum atomic E-state index is -0.809. The molecule has 0 radical (unpaired) electrons. The van der Waals surface area contributed by atoms with E-state index >= 15 is 0 Å². The molecule has 25 heavy (non-hydrogen) atoms. The standard InChI is InChI=1S/C23H30O2/c1-3-5-10-18-11-7-8-12-19(18)16-17-20-13-9-15-22(23(24)25)21(20)14-6-4-2/h7-9,11-13,15H,3-6,10,14,16-17H2,1-2H3,(H,24,25). The van der Waals surface area contributed by atoms with Crippen LogP contribution >= 0.6 is 0 Å². The van der Waals surface area contributed by atoms with Gasteiger partial charge in [-0.2, -0.15) is 0 Å². The van der Waals surface area contributed by atoms with Gasteiger partial charge in [0.05, 0.1) is 5.56 Å². The average molecular weight is 338 g/mol. The van der Waals surface area contributed by atoms with E-state index in [9.17, 15) is 9.90 Å². The number of hydrogen-bond donors (Lipinski definition) is 1. The molecule has 0 aliphatic rings. The molecule has 2 nitrogen and oxygen atoms in total. The number of hydrogen-bond acceptors (Lipinski definition) is 1. The fourth-order valence-electron chi connectivity index (χ4n) is 3.40. The van der Waals surface area contributed by atoms with Gasteiger partial charge in [-0.15, -0.1) is 0 Å². The Labute approximate surface area is 151 Å². The first-order valence-electron chi connectivity index (χ1n) is 9.58. The molecule has 0 fully saturated rings. The molecule has 0 amide bonds. The van der Waals surface area contributed by atoms with E-state index in [1.54, 1.807) is 6.07 Å². The van der Waals surface area contributed by atoms with E-state index in [2.05, 4.69) is 44.2 Å². The number of rotatable bonds is 10. The van der Waals surface area contributed by atoms with Gasteiger partial charge in [-0.3, -0.25) is 0 Å². The maximum Gasteiger partial charge on any atom is 0.335 e. The lowest BCUT2D eigenvalue weighted by Crippen LogP contribution is -2.07. The zero-order valence-corrected chi connectivity index (χ0v) is 15.6. The van der Waals surface area contributed by atoms with Crippen molar-refractivity contribution in [2.24, 2.45) is 0 Å². The Hall–Kier alpha value is -2.09. The van der Waals surface area contributed by atoms with Gasteiger partial charge in [0.25, 0.3) is 0 Å². The lowest BCUT2D eigenvalue weighted by atomic mass is 9.91. The lowest BCUT2D eigenvalue weighted by molar-refractivity contribution is 0.0695. The van der Waals surface area contributed by atoms with E-state index in [4.69, 9.17) is 0 Å². The molecule has 2 rings (SSSR count). The van der Waals surface area contributed by atoms with E-state index in [0.29, 0.717) is 5.56 Å². The molecule has 134 valence electrons. The highest BCUT2D eigenvalue weighted by molar-refractivity contribution is 5.89. The van der Waals surface area contributed by atoms with Crippen molar-refractivity contribution in [1.82, 2.24) is 0 Å². The second-order valence-electron chi connectivity index (χ2n) is 6.72. The first kappa shape index (κ1) is 19.2. The van der Waals surface area contributed by atoms with Gasteiger partial charge in [0.1, 0.15) is 0 Å². The first-order chi connectivity index (χ1) is 12.2. The zero-order valence-electron chi connectivity index (χ0n) is 15.6. The predicted molar refractivity (Wildman–Crippen MR) is 104 cm³/mol. The topological polar surface area (TPSA) is 37.3 Å². The largest absolute Gasteiger partial charge is 0.478 e. The third-order valence-corrected chi connectivity index (χ3v) is 4.87. The van der Waals surface area contributed by atoms with Crippen molar-refractivity contribution in [1.29, 1.82) is 0 Å². The Bertz CT molecular complexity index is 688. The van der Waals surface area contributed by atoms with Crippen LogP contribution in [0.3, 0.4) is 0 Å². The molecular weight excluding hydrogens is 308 g/mol. The molecule has 0 spiro atoms. The molecule has 0 unspecified atom stereocenters. The van der Waals surface area contributed by atoms with Gasteiger partial charge < -0.3 is 5.11 Å². The number of unbranched alkanes of at least 4 members (excludes halogenated alkanes) is 2. The van der Waals surface area contributed by atoms with Gasteiger partial charge in [-0.25, -0.2) is 4.79 Å². The molecule has 0 aliphatic carbocycles. The highest BCUT2D eigenvalue weighted by Gasteiger charge is 2.14. The van der Waals surface area contributed by atoms with Crippen molar-refractivity contribution in [3.63, 3.8) is 0 Å². The molecule has 2 heteroatoms. The average Bonchev–Trinajstić information content (AvgIpc) is 2.63. The number of aromatic carboxylic acids is 1. The van der Waals surface area contributed by atoms with Crippen molar-refractivity contribution < 1.29 is 9.90 Å². The molecule has 0 bridgehead atoms. The van der Waals surface area contributed by atoms with E-state index in [0.717, 1.165) is 44.1 Å². The summed E-state index contributed by atoms with van der Waals surface area (Å²) in [6.45, 7) is 4.37. The Morgan fingerprint density at radius 3 is 1.96 bits per heavy atom. The lowest BCUT2D eigenvalue weighted by Gasteiger charge is -2.14. The Kier molecular flexibility index (Phi) is 7.72. The molecule has 0 aliphatic heterocycles. The molecule has 2 aromatic carbocycles. The van der Waals surface area contributed by atoms with Crippen LogP contribution in [-0.4, -0.2) is 11.1 Å². The molecule has 1 N–H and O–H groups in total. The maximum atomic E-state index is 11.6. The van der Waals surface area contributed by atoms with Gasteiger partial charge in [0, 0.05) is 0 Å². The molecule has 2 aromatic rings. The minimum absolute atomic E-state index is 0.477. The summed E-state index contributed by atoms with van der Waals surface area (Å²) < 4.78 is 0. The summed E-state index contributed by atoms with van der Waals surface area (Å²) in [7, 11) is 0. The summed E-state index contributed by atoms with van der Waals surface area (Å²) in [6, 6.07) is 14.4. The Morgan fingerprint density at radius 1 is 0.760 bits per heavy atom. The van der Waals surface area contributed by atoms with Crippen LogP contribution in [-0.2, 0) is 25.7 Å². The Balaban J connectivity index is 2.20. The number of benzene rings is 2. The van der Waals surface area contributed by atoms with E-state index in [1.807, 2.05) is 6.07 Å². The Morgan fingerprint density at radius 2 is 1.32 bits per heavy atom. The van der Waals surface area contributed by atoms with Gasteiger partial charge in [0.15, 0.2) is 0 Å². The normalized spacial score (nSPS) is 10.8. The molecule has 0 aromatic heterocycles. The number of carbonyl (C=O) groups is 1. The van der Waals surface area contributed by atoms with Crippen LogP contribution in [0.15, 0.2) is 42.5 Å². The van der Waals surface area contributed by atoms with Crippen LogP contribution in [0.5, 0.6) is 0 Å². The summed E-state index contributed by atoms with van der Waals surface area (Å²) in [4.78, 5) is 11.6. The minimum Gasteiger partial charge on any atom is -0.478 e. The fraction of sp³-hybridized carbons (Fsp3) is 0.435. The second-order valence-corrected chi connectivity index (χ2v) is 6.72. The number of aryl methyl sites for hydroxylation is 3. The molecule has 0 saturated carbocycles. The summed E-state index contributed by atoms with van der Waals surface area (Å²) in [5.74, 6) is -0.809. The summed E-state index contributed by atoms with van der Waals surface area (Å²) >= 11 is 0.